The monoisotopic (exact) mass is 237 g/mol. The predicted molar refractivity (Wildman–Crippen MR) is 62.6 cm³/mol. The summed E-state index contributed by atoms with van der Waals surface area (Å²) in [4.78, 5) is 0.00806. The Balaban J connectivity index is 2.78. The van der Waals surface area contributed by atoms with E-state index >= 15 is 0 Å². The molecule has 0 heterocycles. The molecule has 0 radical (unpaired) electrons. The molecule has 0 amide bonds. The van der Waals surface area contributed by atoms with Crippen molar-refractivity contribution in [3.8, 4) is 0 Å². The molecule has 0 saturated carbocycles. The molecule has 0 bridgehead atoms. The lowest BCUT2D eigenvalue weighted by Gasteiger charge is -2.07. The first-order valence-corrected chi connectivity index (χ1v) is 6.04. The third-order valence-corrected chi connectivity index (χ3v) is 3.70. The number of benzene rings is 2. The molecule has 2 N–H and O–H groups in total. The molecule has 5 heteroatoms. The normalized spacial score (nSPS) is 11.8. The Bertz CT molecular complexity index is 635. The zero-order chi connectivity index (χ0) is 11.8. The molecule has 2 aromatic rings. The fourth-order valence-electron chi connectivity index (χ4n) is 1.54. The van der Waals surface area contributed by atoms with Crippen LogP contribution in [-0.4, -0.2) is 15.5 Å². The minimum atomic E-state index is -3.75. The van der Waals surface area contributed by atoms with Crippen molar-refractivity contribution < 1.29 is 12.6 Å². The zero-order valence-corrected chi connectivity index (χ0v) is 9.49. The van der Waals surface area contributed by atoms with Crippen molar-refractivity contribution >= 4 is 26.6 Å². The molecule has 2 aromatic carbocycles. The van der Waals surface area contributed by atoms with Crippen LogP contribution in [0.2, 0.25) is 0 Å². The Morgan fingerprint density at radius 3 is 2.25 bits per heavy atom. The van der Waals surface area contributed by atoms with Crippen molar-refractivity contribution in [1.82, 2.24) is 0 Å². The second kappa shape index (κ2) is 3.77. The van der Waals surface area contributed by atoms with E-state index in [-0.39, 0.29) is 10.6 Å². The van der Waals surface area contributed by atoms with Crippen LogP contribution in [0.1, 0.15) is 0 Å². The highest BCUT2D eigenvalue weighted by molar-refractivity contribution is 7.87. The maximum Gasteiger partial charge on any atom is 0.298 e. The largest absolute Gasteiger partial charge is 0.398 e. The van der Waals surface area contributed by atoms with Gasteiger partial charge in [-0.05, 0) is 22.9 Å². The summed E-state index contributed by atoms with van der Waals surface area (Å²) in [6, 6.07) is 10.5. The summed E-state index contributed by atoms with van der Waals surface area (Å²) in [7, 11) is -2.63. The third kappa shape index (κ3) is 1.75. The minimum absolute atomic E-state index is 0.00806. The average molecular weight is 237 g/mol. The van der Waals surface area contributed by atoms with Crippen molar-refractivity contribution in [2.45, 2.75) is 4.90 Å². The number of fused-ring (bicyclic) bond motifs is 1. The molecule has 0 aliphatic carbocycles. The van der Waals surface area contributed by atoms with Crippen molar-refractivity contribution in [3.63, 3.8) is 0 Å². The fraction of sp³-hybridized carbons (Fsp3) is 0.0909. The minimum Gasteiger partial charge on any atom is -0.398 e. The highest BCUT2D eigenvalue weighted by Gasteiger charge is 2.17. The molecule has 16 heavy (non-hydrogen) atoms. The molecule has 4 nitrogen and oxygen atoms in total. The quantitative estimate of drug-likeness (QED) is 0.638. The topological polar surface area (TPSA) is 69.4 Å². The Morgan fingerprint density at radius 2 is 1.69 bits per heavy atom. The fourth-order valence-corrected chi connectivity index (χ4v) is 2.34. The van der Waals surface area contributed by atoms with Gasteiger partial charge in [-0.25, -0.2) is 0 Å². The van der Waals surface area contributed by atoms with Gasteiger partial charge in [0.05, 0.1) is 12.8 Å². The third-order valence-electron chi connectivity index (χ3n) is 2.37. The molecule has 0 saturated heterocycles. The smallest absolute Gasteiger partial charge is 0.298 e. The molecule has 0 fully saturated rings. The highest BCUT2D eigenvalue weighted by atomic mass is 32.2. The molecule has 0 spiro atoms. The van der Waals surface area contributed by atoms with E-state index in [2.05, 4.69) is 4.18 Å². The Kier molecular flexibility index (Phi) is 2.57. The lowest BCUT2D eigenvalue weighted by atomic mass is 10.1. The number of rotatable bonds is 2. The molecule has 84 valence electrons. The van der Waals surface area contributed by atoms with Crippen LogP contribution in [0, 0.1) is 0 Å². The van der Waals surface area contributed by atoms with Gasteiger partial charge >= 0.3 is 0 Å². The SMILES string of the molecule is COS(=O)(=O)c1cc2ccccc2cc1N. The maximum atomic E-state index is 11.6. The lowest BCUT2D eigenvalue weighted by Crippen LogP contribution is -2.06. The van der Waals surface area contributed by atoms with Gasteiger partial charge in [-0.3, -0.25) is 4.18 Å². The second-order valence-electron chi connectivity index (χ2n) is 3.36. The number of nitrogens with two attached hydrogens (primary N) is 1. The van der Waals surface area contributed by atoms with E-state index in [1.54, 1.807) is 6.07 Å². The molecular weight excluding hydrogens is 226 g/mol. The van der Waals surface area contributed by atoms with Crippen LogP contribution in [0.5, 0.6) is 0 Å². The standard InChI is InChI=1S/C11H11NO3S/c1-15-16(13,14)11-7-9-5-3-2-4-8(9)6-10(11)12/h2-7H,12H2,1H3. The lowest BCUT2D eigenvalue weighted by molar-refractivity contribution is 0.398. The molecular formula is C11H11NO3S. The summed E-state index contributed by atoms with van der Waals surface area (Å²) < 4.78 is 27.6. The van der Waals surface area contributed by atoms with E-state index in [0.29, 0.717) is 0 Å². The zero-order valence-electron chi connectivity index (χ0n) is 8.67. The van der Waals surface area contributed by atoms with Gasteiger partial charge in [-0.15, -0.1) is 0 Å². The Morgan fingerprint density at radius 1 is 1.12 bits per heavy atom. The predicted octanol–water partition coefficient (Wildman–Crippen LogP) is 1.76. The summed E-state index contributed by atoms with van der Waals surface area (Å²) in [5, 5.41) is 1.71. The molecule has 0 aromatic heterocycles. The van der Waals surface area contributed by atoms with Gasteiger partial charge < -0.3 is 5.73 Å². The second-order valence-corrected chi connectivity index (χ2v) is 5.04. The Hall–Kier alpha value is -1.59. The van der Waals surface area contributed by atoms with Crippen LogP contribution < -0.4 is 5.73 Å². The summed E-state index contributed by atoms with van der Waals surface area (Å²) in [5.41, 5.74) is 5.88. The van der Waals surface area contributed by atoms with E-state index < -0.39 is 10.1 Å². The van der Waals surface area contributed by atoms with Gasteiger partial charge in [0, 0.05) is 0 Å². The molecule has 0 aliphatic heterocycles. The number of hydrogen-bond acceptors (Lipinski definition) is 4. The highest BCUT2D eigenvalue weighted by Crippen LogP contribution is 2.26. The molecule has 0 atom stereocenters. The van der Waals surface area contributed by atoms with E-state index in [1.165, 1.54) is 6.07 Å². The summed E-state index contributed by atoms with van der Waals surface area (Å²) in [6.45, 7) is 0. The van der Waals surface area contributed by atoms with E-state index in [4.69, 9.17) is 5.73 Å². The van der Waals surface area contributed by atoms with Crippen LogP contribution in [0.25, 0.3) is 10.8 Å². The van der Waals surface area contributed by atoms with Gasteiger partial charge in [0.25, 0.3) is 10.1 Å². The van der Waals surface area contributed by atoms with Gasteiger partial charge in [0.1, 0.15) is 4.90 Å². The molecule has 0 aliphatic rings. The maximum absolute atomic E-state index is 11.6. The molecule has 0 unspecified atom stereocenters. The molecule has 2 rings (SSSR count). The average Bonchev–Trinajstić information content (AvgIpc) is 2.28. The first-order valence-electron chi connectivity index (χ1n) is 4.63. The van der Waals surface area contributed by atoms with Crippen molar-refractivity contribution in [1.29, 1.82) is 0 Å². The van der Waals surface area contributed by atoms with Crippen molar-refractivity contribution in [3.05, 3.63) is 36.4 Å². The van der Waals surface area contributed by atoms with Crippen LogP contribution in [0.4, 0.5) is 5.69 Å². The first-order chi connectivity index (χ1) is 7.54. The number of nitrogen functional groups attached to an aromatic ring is 1. The van der Waals surface area contributed by atoms with Crippen molar-refractivity contribution in [2.75, 3.05) is 12.8 Å². The number of hydrogen-bond donors (Lipinski definition) is 1. The van der Waals surface area contributed by atoms with Gasteiger partial charge in [-0.2, -0.15) is 8.42 Å². The first kappa shape index (κ1) is 10.9. The van der Waals surface area contributed by atoms with E-state index in [0.717, 1.165) is 17.9 Å². The van der Waals surface area contributed by atoms with Crippen LogP contribution in [0.3, 0.4) is 0 Å². The van der Waals surface area contributed by atoms with E-state index in [1.807, 2.05) is 24.3 Å². The summed E-state index contributed by atoms with van der Waals surface area (Å²) >= 11 is 0. The van der Waals surface area contributed by atoms with Crippen LogP contribution in [0.15, 0.2) is 41.3 Å². The number of anilines is 1. The van der Waals surface area contributed by atoms with E-state index in [9.17, 15) is 8.42 Å². The van der Waals surface area contributed by atoms with Crippen LogP contribution >= 0.6 is 0 Å². The Labute approximate surface area is 93.8 Å². The van der Waals surface area contributed by atoms with Gasteiger partial charge in [-0.1, -0.05) is 24.3 Å². The van der Waals surface area contributed by atoms with Gasteiger partial charge in [0.2, 0.25) is 0 Å². The summed E-state index contributed by atoms with van der Waals surface area (Å²) in [5.74, 6) is 0. The van der Waals surface area contributed by atoms with Crippen molar-refractivity contribution in [2.24, 2.45) is 0 Å². The van der Waals surface area contributed by atoms with Crippen LogP contribution in [-0.2, 0) is 14.3 Å². The van der Waals surface area contributed by atoms with Gasteiger partial charge in [0.15, 0.2) is 0 Å². The summed E-state index contributed by atoms with van der Waals surface area (Å²) in [6.07, 6.45) is 0.